The number of carbonyl (C=O) groups excluding carboxylic acids is 1. The third kappa shape index (κ3) is 3.97. The molecular weight excluding hydrogens is 266 g/mol. The summed E-state index contributed by atoms with van der Waals surface area (Å²) in [6, 6.07) is 5.66. The molecule has 0 aromatic heterocycles. The van der Waals surface area contributed by atoms with Gasteiger partial charge in [0, 0.05) is 18.7 Å². The average Bonchev–Trinajstić information content (AvgIpc) is 2.49. The molecule has 1 aromatic carbocycles. The van der Waals surface area contributed by atoms with E-state index in [2.05, 4.69) is 0 Å². The number of aryl methyl sites for hydroxylation is 1. The fourth-order valence-corrected chi connectivity index (χ4v) is 2.71. The summed E-state index contributed by atoms with van der Waals surface area (Å²) in [5.41, 5.74) is 1.79. The normalized spacial score (nSPS) is 18.2. The summed E-state index contributed by atoms with van der Waals surface area (Å²) in [6.45, 7) is 7.10. The highest BCUT2D eigenvalue weighted by Crippen LogP contribution is 2.27. The molecule has 4 nitrogen and oxygen atoms in total. The SMILES string of the molecule is Cc1ccc(OC(C)C(=O)N2CCCCC2)c([C@H](C)O)c1. The Bertz CT molecular complexity index is 493. The Kier molecular flexibility index (Phi) is 5.23. The van der Waals surface area contributed by atoms with Crippen LogP contribution in [0, 0.1) is 6.92 Å². The first-order valence-electron chi connectivity index (χ1n) is 7.73. The van der Waals surface area contributed by atoms with Crippen LogP contribution in [0.2, 0.25) is 0 Å². The third-order valence-electron chi connectivity index (χ3n) is 3.93. The molecular formula is C17H25NO3. The fourth-order valence-electron chi connectivity index (χ4n) is 2.71. The van der Waals surface area contributed by atoms with Crippen LogP contribution < -0.4 is 4.74 Å². The Morgan fingerprint density at radius 3 is 2.52 bits per heavy atom. The predicted molar refractivity (Wildman–Crippen MR) is 82.3 cm³/mol. The summed E-state index contributed by atoms with van der Waals surface area (Å²) < 4.78 is 5.83. The first-order chi connectivity index (χ1) is 9.99. The maximum absolute atomic E-state index is 12.4. The maximum Gasteiger partial charge on any atom is 0.263 e. The van der Waals surface area contributed by atoms with Gasteiger partial charge in [-0.15, -0.1) is 0 Å². The van der Waals surface area contributed by atoms with Gasteiger partial charge >= 0.3 is 0 Å². The van der Waals surface area contributed by atoms with Gasteiger partial charge in [-0.1, -0.05) is 11.6 Å². The van der Waals surface area contributed by atoms with E-state index in [0.717, 1.165) is 37.1 Å². The number of hydrogen-bond acceptors (Lipinski definition) is 3. The molecule has 2 rings (SSSR count). The van der Waals surface area contributed by atoms with E-state index in [1.54, 1.807) is 13.8 Å². The van der Waals surface area contributed by atoms with Crippen molar-refractivity contribution in [1.82, 2.24) is 4.90 Å². The second kappa shape index (κ2) is 6.94. The van der Waals surface area contributed by atoms with Crippen molar-refractivity contribution in [3.8, 4) is 5.75 Å². The Morgan fingerprint density at radius 1 is 1.24 bits per heavy atom. The second-order valence-electron chi connectivity index (χ2n) is 5.86. The van der Waals surface area contributed by atoms with E-state index in [0.29, 0.717) is 5.75 Å². The highest BCUT2D eigenvalue weighted by atomic mass is 16.5. The van der Waals surface area contributed by atoms with Crippen molar-refractivity contribution in [3.05, 3.63) is 29.3 Å². The molecule has 1 aliphatic rings. The van der Waals surface area contributed by atoms with Gasteiger partial charge in [-0.3, -0.25) is 4.79 Å². The number of piperidine rings is 1. The first-order valence-corrected chi connectivity index (χ1v) is 7.73. The van der Waals surface area contributed by atoms with Gasteiger partial charge in [-0.2, -0.15) is 0 Å². The summed E-state index contributed by atoms with van der Waals surface area (Å²) in [5.74, 6) is 0.625. The highest BCUT2D eigenvalue weighted by Gasteiger charge is 2.24. The van der Waals surface area contributed by atoms with E-state index in [1.165, 1.54) is 6.42 Å². The molecule has 116 valence electrons. The zero-order valence-electron chi connectivity index (χ0n) is 13.1. The van der Waals surface area contributed by atoms with Crippen LogP contribution in [0.25, 0.3) is 0 Å². The minimum atomic E-state index is -0.614. The Hall–Kier alpha value is -1.55. The van der Waals surface area contributed by atoms with Gasteiger partial charge in [0.2, 0.25) is 0 Å². The monoisotopic (exact) mass is 291 g/mol. The number of rotatable bonds is 4. The number of carbonyl (C=O) groups is 1. The number of nitrogens with zero attached hydrogens (tertiary/aromatic N) is 1. The number of aliphatic hydroxyl groups is 1. The topological polar surface area (TPSA) is 49.8 Å². The van der Waals surface area contributed by atoms with E-state index < -0.39 is 12.2 Å². The van der Waals surface area contributed by atoms with Gasteiger partial charge in [-0.05, 0) is 52.2 Å². The van der Waals surface area contributed by atoms with Crippen LogP contribution in [0.4, 0.5) is 0 Å². The summed E-state index contributed by atoms with van der Waals surface area (Å²) in [7, 11) is 0. The molecule has 1 fully saturated rings. The third-order valence-corrected chi connectivity index (χ3v) is 3.93. The Balaban J connectivity index is 2.08. The van der Waals surface area contributed by atoms with Gasteiger partial charge in [0.15, 0.2) is 6.10 Å². The smallest absolute Gasteiger partial charge is 0.263 e. The Morgan fingerprint density at radius 2 is 1.90 bits per heavy atom. The lowest BCUT2D eigenvalue weighted by Crippen LogP contribution is -2.43. The quantitative estimate of drug-likeness (QED) is 0.928. The molecule has 0 radical (unpaired) electrons. The number of aliphatic hydroxyl groups excluding tert-OH is 1. The molecule has 1 amide bonds. The van der Waals surface area contributed by atoms with Crippen molar-refractivity contribution in [2.45, 2.75) is 52.2 Å². The summed E-state index contributed by atoms with van der Waals surface area (Å²) >= 11 is 0. The van der Waals surface area contributed by atoms with Gasteiger partial charge in [-0.25, -0.2) is 0 Å². The molecule has 1 saturated heterocycles. The van der Waals surface area contributed by atoms with E-state index in [-0.39, 0.29) is 5.91 Å². The molecule has 0 saturated carbocycles. The zero-order chi connectivity index (χ0) is 15.4. The van der Waals surface area contributed by atoms with Crippen LogP contribution in [0.3, 0.4) is 0 Å². The van der Waals surface area contributed by atoms with Crippen molar-refractivity contribution >= 4 is 5.91 Å². The van der Waals surface area contributed by atoms with E-state index in [1.807, 2.05) is 30.0 Å². The van der Waals surface area contributed by atoms with Crippen molar-refractivity contribution in [1.29, 1.82) is 0 Å². The lowest BCUT2D eigenvalue weighted by Gasteiger charge is -2.29. The van der Waals surface area contributed by atoms with E-state index >= 15 is 0 Å². The molecule has 21 heavy (non-hydrogen) atoms. The van der Waals surface area contributed by atoms with E-state index in [9.17, 15) is 9.90 Å². The van der Waals surface area contributed by atoms with Crippen LogP contribution in [0.15, 0.2) is 18.2 Å². The number of benzene rings is 1. The molecule has 0 spiro atoms. The summed E-state index contributed by atoms with van der Waals surface area (Å²) in [6.07, 6.45) is 2.20. The lowest BCUT2D eigenvalue weighted by molar-refractivity contribution is -0.138. The predicted octanol–water partition coefficient (Wildman–Crippen LogP) is 2.83. The molecule has 2 atom stereocenters. The minimum absolute atomic E-state index is 0.0341. The number of hydrogen-bond donors (Lipinski definition) is 1. The fraction of sp³-hybridized carbons (Fsp3) is 0.588. The second-order valence-corrected chi connectivity index (χ2v) is 5.86. The van der Waals surface area contributed by atoms with Gasteiger partial charge in [0.25, 0.3) is 5.91 Å². The zero-order valence-corrected chi connectivity index (χ0v) is 13.1. The molecule has 4 heteroatoms. The summed E-state index contributed by atoms with van der Waals surface area (Å²) in [4.78, 5) is 14.3. The van der Waals surface area contributed by atoms with Crippen molar-refractivity contribution < 1.29 is 14.6 Å². The minimum Gasteiger partial charge on any atom is -0.481 e. The van der Waals surface area contributed by atoms with Crippen molar-refractivity contribution in [2.24, 2.45) is 0 Å². The number of likely N-dealkylation sites (tertiary alicyclic amines) is 1. The number of amides is 1. The lowest BCUT2D eigenvalue weighted by atomic mass is 10.1. The van der Waals surface area contributed by atoms with E-state index in [4.69, 9.17) is 4.74 Å². The molecule has 1 unspecified atom stereocenters. The largest absolute Gasteiger partial charge is 0.481 e. The van der Waals surface area contributed by atoms with Crippen LogP contribution in [-0.4, -0.2) is 35.1 Å². The molecule has 0 aliphatic carbocycles. The number of ether oxygens (including phenoxy) is 1. The maximum atomic E-state index is 12.4. The van der Waals surface area contributed by atoms with Gasteiger partial charge in [0.05, 0.1) is 6.10 Å². The average molecular weight is 291 g/mol. The summed E-state index contributed by atoms with van der Waals surface area (Å²) in [5, 5.41) is 9.85. The van der Waals surface area contributed by atoms with Gasteiger partial charge < -0.3 is 14.7 Å². The first kappa shape index (κ1) is 15.8. The van der Waals surface area contributed by atoms with Crippen molar-refractivity contribution in [3.63, 3.8) is 0 Å². The molecule has 0 bridgehead atoms. The van der Waals surface area contributed by atoms with Gasteiger partial charge in [0.1, 0.15) is 5.75 Å². The molecule has 1 aliphatic heterocycles. The van der Waals surface area contributed by atoms with Crippen LogP contribution in [-0.2, 0) is 4.79 Å². The van der Waals surface area contributed by atoms with Crippen LogP contribution >= 0.6 is 0 Å². The highest BCUT2D eigenvalue weighted by molar-refractivity contribution is 5.81. The van der Waals surface area contributed by atoms with Crippen LogP contribution in [0.1, 0.15) is 50.3 Å². The molecule has 1 aromatic rings. The molecule has 1 heterocycles. The Labute approximate surface area is 126 Å². The van der Waals surface area contributed by atoms with Crippen molar-refractivity contribution in [2.75, 3.05) is 13.1 Å². The molecule has 1 N–H and O–H groups in total. The standard InChI is InChI=1S/C17H25NO3/c1-12-7-8-16(15(11-12)13(2)19)21-14(3)17(20)18-9-5-4-6-10-18/h7-8,11,13-14,19H,4-6,9-10H2,1-3H3/t13-,14?/m0/s1. The van der Waals surface area contributed by atoms with Crippen LogP contribution in [0.5, 0.6) is 5.75 Å².